The summed E-state index contributed by atoms with van der Waals surface area (Å²) in [5.74, 6) is 3.34. The molecule has 0 unspecified atom stereocenters. The van der Waals surface area contributed by atoms with Crippen LogP contribution < -0.4 is 4.90 Å². The van der Waals surface area contributed by atoms with Crippen LogP contribution in [0.15, 0.2) is 28.8 Å². The predicted molar refractivity (Wildman–Crippen MR) is 78.9 cm³/mol. The maximum absolute atomic E-state index is 9.01. The average molecular weight is 288 g/mol. The van der Waals surface area contributed by atoms with Gasteiger partial charge in [0.15, 0.2) is 0 Å². The molecule has 3 heterocycles. The lowest BCUT2D eigenvalue weighted by molar-refractivity contribution is 0.212. The molecule has 0 radical (unpaired) electrons. The molecule has 2 aromatic rings. The van der Waals surface area contributed by atoms with Crippen LogP contribution in [0.4, 0.5) is 5.82 Å². The average Bonchev–Trinajstić information content (AvgIpc) is 2.96. The molecule has 0 atom stereocenters. The highest BCUT2D eigenvalue weighted by molar-refractivity contribution is 5.37. The zero-order valence-corrected chi connectivity index (χ0v) is 12.2. The van der Waals surface area contributed by atoms with E-state index in [0.29, 0.717) is 5.76 Å². The lowest BCUT2D eigenvalue weighted by Crippen LogP contribution is -2.46. The Hall–Kier alpha value is -1.92. The zero-order valence-electron chi connectivity index (χ0n) is 12.2. The Labute approximate surface area is 124 Å². The van der Waals surface area contributed by atoms with Gasteiger partial charge in [0.1, 0.15) is 29.8 Å². The van der Waals surface area contributed by atoms with Crippen molar-refractivity contribution in [1.82, 2.24) is 14.9 Å². The van der Waals surface area contributed by atoms with Gasteiger partial charge in [-0.25, -0.2) is 9.97 Å². The minimum absolute atomic E-state index is 0.0408. The minimum atomic E-state index is -0.0408. The monoisotopic (exact) mass is 288 g/mol. The van der Waals surface area contributed by atoms with E-state index in [4.69, 9.17) is 9.52 Å². The zero-order chi connectivity index (χ0) is 14.7. The van der Waals surface area contributed by atoms with Crippen molar-refractivity contribution in [2.75, 3.05) is 31.1 Å². The van der Waals surface area contributed by atoms with Gasteiger partial charge in [-0.1, -0.05) is 0 Å². The third-order valence-electron chi connectivity index (χ3n) is 3.71. The molecule has 0 spiro atoms. The van der Waals surface area contributed by atoms with Crippen LogP contribution in [-0.2, 0) is 13.2 Å². The molecule has 1 aliphatic rings. The number of nitrogens with zero attached hydrogens (tertiary/aromatic N) is 4. The SMILES string of the molecule is Cc1nccc(N2CCN(Cc3ccc(CO)o3)CC2)n1. The fourth-order valence-corrected chi connectivity index (χ4v) is 2.57. The molecule has 2 aromatic heterocycles. The first-order valence-corrected chi connectivity index (χ1v) is 7.20. The molecule has 0 aromatic carbocycles. The molecule has 6 heteroatoms. The van der Waals surface area contributed by atoms with Gasteiger partial charge in [-0.2, -0.15) is 0 Å². The Bertz CT molecular complexity index is 591. The summed E-state index contributed by atoms with van der Waals surface area (Å²) in [6.45, 7) is 6.50. The highest BCUT2D eigenvalue weighted by Gasteiger charge is 2.19. The Morgan fingerprint density at radius 1 is 1.14 bits per heavy atom. The number of furan rings is 1. The van der Waals surface area contributed by atoms with Crippen molar-refractivity contribution >= 4 is 5.82 Å². The Morgan fingerprint density at radius 2 is 1.90 bits per heavy atom. The molecule has 3 rings (SSSR count). The van der Waals surface area contributed by atoms with Crippen LogP contribution in [0, 0.1) is 6.92 Å². The van der Waals surface area contributed by atoms with Gasteiger partial charge in [0, 0.05) is 32.4 Å². The largest absolute Gasteiger partial charge is 0.462 e. The van der Waals surface area contributed by atoms with Gasteiger partial charge in [-0.3, -0.25) is 4.90 Å². The van der Waals surface area contributed by atoms with Crippen molar-refractivity contribution in [1.29, 1.82) is 0 Å². The molecule has 0 bridgehead atoms. The van der Waals surface area contributed by atoms with Gasteiger partial charge in [0.2, 0.25) is 0 Å². The van der Waals surface area contributed by atoms with Crippen LogP contribution in [-0.4, -0.2) is 46.2 Å². The first kappa shape index (κ1) is 14.0. The maximum Gasteiger partial charge on any atom is 0.132 e. The summed E-state index contributed by atoms with van der Waals surface area (Å²) in [4.78, 5) is 13.2. The van der Waals surface area contributed by atoms with Gasteiger partial charge in [0.25, 0.3) is 0 Å². The van der Waals surface area contributed by atoms with Crippen molar-refractivity contribution in [3.63, 3.8) is 0 Å². The number of aliphatic hydroxyl groups is 1. The summed E-state index contributed by atoms with van der Waals surface area (Å²) in [7, 11) is 0. The number of piperazine rings is 1. The van der Waals surface area contributed by atoms with E-state index in [-0.39, 0.29) is 6.61 Å². The van der Waals surface area contributed by atoms with Crippen molar-refractivity contribution < 1.29 is 9.52 Å². The number of aliphatic hydroxyl groups excluding tert-OH is 1. The highest BCUT2D eigenvalue weighted by atomic mass is 16.4. The molecule has 1 aliphatic heterocycles. The van der Waals surface area contributed by atoms with E-state index in [2.05, 4.69) is 19.8 Å². The maximum atomic E-state index is 9.01. The standard InChI is InChI=1S/C15H20N4O2/c1-12-16-5-4-15(17-12)19-8-6-18(7-9-19)10-13-2-3-14(11-20)21-13/h2-5,20H,6-11H2,1H3. The van der Waals surface area contributed by atoms with Gasteiger partial charge in [0.05, 0.1) is 6.54 Å². The Kier molecular flexibility index (Phi) is 4.17. The Balaban J connectivity index is 1.55. The van der Waals surface area contributed by atoms with Crippen LogP contribution in [0.25, 0.3) is 0 Å². The number of anilines is 1. The third-order valence-corrected chi connectivity index (χ3v) is 3.71. The third kappa shape index (κ3) is 3.40. The van der Waals surface area contributed by atoms with Crippen molar-refractivity contribution in [2.24, 2.45) is 0 Å². The lowest BCUT2D eigenvalue weighted by atomic mass is 10.3. The highest BCUT2D eigenvalue weighted by Crippen LogP contribution is 2.16. The summed E-state index contributed by atoms with van der Waals surface area (Å²) >= 11 is 0. The molecule has 6 nitrogen and oxygen atoms in total. The van der Waals surface area contributed by atoms with E-state index >= 15 is 0 Å². The molecule has 21 heavy (non-hydrogen) atoms. The molecular formula is C15H20N4O2. The number of aromatic nitrogens is 2. The molecule has 0 amide bonds. The fraction of sp³-hybridized carbons (Fsp3) is 0.467. The van der Waals surface area contributed by atoms with Gasteiger partial charge in [-0.05, 0) is 25.1 Å². The summed E-state index contributed by atoms with van der Waals surface area (Å²) < 4.78 is 5.54. The first-order valence-electron chi connectivity index (χ1n) is 7.20. The molecule has 0 aliphatic carbocycles. The fourth-order valence-electron chi connectivity index (χ4n) is 2.57. The number of aryl methyl sites for hydroxylation is 1. The van der Waals surface area contributed by atoms with E-state index < -0.39 is 0 Å². The number of hydrogen-bond acceptors (Lipinski definition) is 6. The second-order valence-corrected chi connectivity index (χ2v) is 5.25. The van der Waals surface area contributed by atoms with E-state index in [1.54, 1.807) is 0 Å². The number of hydrogen-bond donors (Lipinski definition) is 1. The van der Waals surface area contributed by atoms with E-state index in [1.807, 2.05) is 31.3 Å². The van der Waals surface area contributed by atoms with Gasteiger partial charge in [-0.15, -0.1) is 0 Å². The van der Waals surface area contributed by atoms with E-state index in [0.717, 1.165) is 50.1 Å². The summed E-state index contributed by atoms with van der Waals surface area (Å²) in [5, 5.41) is 9.01. The normalized spacial score (nSPS) is 16.4. The Morgan fingerprint density at radius 3 is 2.57 bits per heavy atom. The van der Waals surface area contributed by atoms with Crippen LogP contribution >= 0.6 is 0 Å². The summed E-state index contributed by atoms with van der Waals surface area (Å²) in [5.41, 5.74) is 0. The molecule has 112 valence electrons. The smallest absolute Gasteiger partial charge is 0.132 e. The number of rotatable bonds is 4. The van der Waals surface area contributed by atoms with Crippen LogP contribution in [0.2, 0.25) is 0 Å². The van der Waals surface area contributed by atoms with Crippen molar-refractivity contribution in [2.45, 2.75) is 20.1 Å². The molecule has 1 saturated heterocycles. The van der Waals surface area contributed by atoms with Crippen molar-refractivity contribution in [3.05, 3.63) is 41.7 Å². The molecule has 1 N–H and O–H groups in total. The molecule has 1 fully saturated rings. The predicted octanol–water partition coefficient (Wildman–Crippen LogP) is 1.19. The van der Waals surface area contributed by atoms with Crippen LogP contribution in [0.1, 0.15) is 17.3 Å². The van der Waals surface area contributed by atoms with Gasteiger partial charge >= 0.3 is 0 Å². The van der Waals surface area contributed by atoms with E-state index in [9.17, 15) is 0 Å². The first-order chi connectivity index (χ1) is 10.2. The second-order valence-electron chi connectivity index (χ2n) is 5.25. The van der Waals surface area contributed by atoms with Crippen molar-refractivity contribution in [3.8, 4) is 0 Å². The van der Waals surface area contributed by atoms with Gasteiger partial charge < -0.3 is 14.4 Å². The topological polar surface area (TPSA) is 65.6 Å². The lowest BCUT2D eigenvalue weighted by Gasteiger charge is -2.34. The van der Waals surface area contributed by atoms with Crippen LogP contribution in [0.3, 0.4) is 0 Å². The molecule has 0 saturated carbocycles. The summed E-state index contributed by atoms with van der Waals surface area (Å²) in [6.07, 6.45) is 1.81. The minimum Gasteiger partial charge on any atom is -0.462 e. The molecular weight excluding hydrogens is 268 g/mol. The van der Waals surface area contributed by atoms with Crippen LogP contribution in [0.5, 0.6) is 0 Å². The summed E-state index contributed by atoms with van der Waals surface area (Å²) in [6, 6.07) is 5.73. The van der Waals surface area contributed by atoms with E-state index in [1.165, 1.54) is 0 Å². The quantitative estimate of drug-likeness (QED) is 0.911. The second kappa shape index (κ2) is 6.24.